The number of para-hydroxylation sites is 1. The number of nitrogens with two attached hydrogens (primary N) is 1. The van der Waals surface area contributed by atoms with Crippen LogP contribution in [0.4, 0.5) is 5.69 Å². The summed E-state index contributed by atoms with van der Waals surface area (Å²) in [6.45, 7) is 0.468. The number of fused-ring (bicyclic) bond motifs is 1. The second kappa shape index (κ2) is 8.97. The highest BCUT2D eigenvalue weighted by Gasteiger charge is 2.34. The highest BCUT2D eigenvalue weighted by molar-refractivity contribution is 7.99. The SMILES string of the molecule is CSc1ccccc1S(=O)(=O)N1CCC(C(=O)Nc2c(C(N)=O)oc3ccccc23)CC1. The molecule has 1 aromatic heterocycles. The lowest BCUT2D eigenvalue weighted by Gasteiger charge is -2.31. The number of benzene rings is 2. The summed E-state index contributed by atoms with van der Waals surface area (Å²) in [5, 5.41) is 3.37. The van der Waals surface area contributed by atoms with Gasteiger partial charge in [0.25, 0.3) is 5.91 Å². The lowest BCUT2D eigenvalue weighted by molar-refractivity contribution is -0.120. The van der Waals surface area contributed by atoms with Crippen molar-refractivity contribution in [3.63, 3.8) is 0 Å². The van der Waals surface area contributed by atoms with Crippen molar-refractivity contribution in [2.24, 2.45) is 11.7 Å². The van der Waals surface area contributed by atoms with Crippen LogP contribution in [-0.4, -0.2) is 43.9 Å². The van der Waals surface area contributed by atoms with Crippen molar-refractivity contribution in [2.45, 2.75) is 22.6 Å². The van der Waals surface area contributed by atoms with E-state index in [4.69, 9.17) is 10.2 Å². The minimum absolute atomic E-state index is 0.103. The van der Waals surface area contributed by atoms with Crippen molar-refractivity contribution in [3.8, 4) is 0 Å². The molecule has 1 aliphatic rings. The third-order valence-corrected chi connectivity index (χ3v) is 8.46. The molecule has 2 amide bonds. The Balaban J connectivity index is 1.49. The molecule has 0 radical (unpaired) electrons. The Morgan fingerprint density at radius 3 is 2.44 bits per heavy atom. The first-order valence-corrected chi connectivity index (χ1v) is 12.7. The number of hydrogen-bond donors (Lipinski definition) is 2. The largest absolute Gasteiger partial charge is 0.449 e. The van der Waals surface area contributed by atoms with E-state index in [-0.39, 0.29) is 35.3 Å². The molecule has 3 N–H and O–H groups in total. The second-order valence-electron chi connectivity index (χ2n) is 7.49. The average Bonchev–Trinajstić information content (AvgIpc) is 3.18. The summed E-state index contributed by atoms with van der Waals surface area (Å²) in [5.41, 5.74) is 6.12. The molecule has 1 fully saturated rings. The Kier molecular flexibility index (Phi) is 6.27. The van der Waals surface area contributed by atoms with Gasteiger partial charge in [0, 0.05) is 29.3 Å². The van der Waals surface area contributed by atoms with Gasteiger partial charge in [0.2, 0.25) is 21.7 Å². The number of carbonyl (C=O) groups excluding carboxylic acids is 2. The van der Waals surface area contributed by atoms with Crippen LogP contribution in [0, 0.1) is 5.92 Å². The molecule has 4 rings (SSSR count). The van der Waals surface area contributed by atoms with Crippen molar-refractivity contribution in [1.82, 2.24) is 4.31 Å². The van der Waals surface area contributed by atoms with E-state index in [1.807, 2.05) is 6.26 Å². The van der Waals surface area contributed by atoms with Crippen LogP contribution in [0.15, 0.2) is 62.7 Å². The third-order valence-electron chi connectivity index (χ3n) is 5.58. The zero-order valence-corrected chi connectivity index (χ0v) is 19.0. The molecule has 0 spiro atoms. The predicted octanol–water partition coefficient (Wildman–Crippen LogP) is 3.29. The summed E-state index contributed by atoms with van der Waals surface area (Å²) in [6, 6.07) is 13.9. The van der Waals surface area contributed by atoms with Gasteiger partial charge in [-0.1, -0.05) is 24.3 Å². The normalized spacial score (nSPS) is 15.7. The van der Waals surface area contributed by atoms with E-state index in [0.29, 0.717) is 28.7 Å². The van der Waals surface area contributed by atoms with Gasteiger partial charge in [-0.2, -0.15) is 4.31 Å². The fraction of sp³-hybridized carbons (Fsp3) is 0.273. The molecular formula is C22H23N3O5S2. The molecule has 168 valence electrons. The molecule has 2 aromatic carbocycles. The van der Waals surface area contributed by atoms with Crippen molar-refractivity contribution in [2.75, 3.05) is 24.7 Å². The standard InChI is InChI=1S/C22H23N3O5S2/c1-31-17-8-4-5-9-18(17)32(28,29)25-12-10-14(11-13-25)22(27)24-19-15-6-2-3-7-16(15)30-20(19)21(23)26/h2-9,14H,10-13H2,1H3,(H2,23,26)(H,24,27). The van der Waals surface area contributed by atoms with Crippen LogP contribution in [0.5, 0.6) is 0 Å². The van der Waals surface area contributed by atoms with Crippen LogP contribution in [0.3, 0.4) is 0 Å². The van der Waals surface area contributed by atoms with Crippen molar-refractivity contribution in [3.05, 3.63) is 54.3 Å². The quantitative estimate of drug-likeness (QED) is 0.530. The highest BCUT2D eigenvalue weighted by Crippen LogP contribution is 2.33. The lowest BCUT2D eigenvalue weighted by atomic mass is 9.97. The molecule has 0 bridgehead atoms. The van der Waals surface area contributed by atoms with Gasteiger partial charge >= 0.3 is 0 Å². The highest BCUT2D eigenvalue weighted by atomic mass is 32.2. The van der Waals surface area contributed by atoms with E-state index < -0.39 is 21.8 Å². The van der Waals surface area contributed by atoms with E-state index in [0.717, 1.165) is 0 Å². The van der Waals surface area contributed by atoms with E-state index in [2.05, 4.69) is 5.32 Å². The number of piperidine rings is 1. The number of primary amides is 1. The maximum absolute atomic E-state index is 13.1. The van der Waals surface area contributed by atoms with Gasteiger partial charge in [0.1, 0.15) is 11.3 Å². The molecule has 3 aromatic rings. The van der Waals surface area contributed by atoms with Crippen LogP contribution >= 0.6 is 11.8 Å². The topological polar surface area (TPSA) is 123 Å². The smallest absolute Gasteiger partial charge is 0.286 e. The second-order valence-corrected chi connectivity index (χ2v) is 10.2. The monoisotopic (exact) mass is 473 g/mol. The number of carbonyl (C=O) groups is 2. The van der Waals surface area contributed by atoms with Crippen molar-refractivity contribution >= 4 is 50.3 Å². The van der Waals surface area contributed by atoms with E-state index in [1.54, 1.807) is 48.5 Å². The minimum Gasteiger partial charge on any atom is -0.449 e. The van der Waals surface area contributed by atoms with Gasteiger partial charge in [0.15, 0.2) is 0 Å². The van der Waals surface area contributed by atoms with Gasteiger partial charge in [0.05, 0.1) is 4.90 Å². The summed E-state index contributed by atoms with van der Waals surface area (Å²) in [7, 11) is -3.65. The number of amides is 2. The Hall–Kier alpha value is -2.82. The maximum atomic E-state index is 13.1. The Morgan fingerprint density at radius 1 is 1.09 bits per heavy atom. The number of thioether (sulfide) groups is 1. The Morgan fingerprint density at radius 2 is 1.75 bits per heavy atom. The van der Waals surface area contributed by atoms with Crippen molar-refractivity contribution in [1.29, 1.82) is 0 Å². The number of nitrogens with one attached hydrogen (secondary N) is 1. The molecule has 1 saturated heterocycles. The first-order valence-electron chi connectivity index (χ1n) is 10.1. The lowest BCUT2D eigenvalue weighted by Crippen LogP contribution is -2.41. The van der Waals surface area contributed by atoms with Gasteiger partial charge in [-0.25, -0.2) is 8.42 Å². The third kappa shape index (κ3) is 4.13. The van der Waals surface area contributed by atoms with Gasteiger partial charge in [-0.15, -0.1) is 11.8 Å². The van der Waals surface area contributed by atoms with Crippen LogP contribution in [0.2, 0.25) is 0 Å². The van der Waals surface area contributed by atoms with Crippen LogP contribution in [0.1, 0.15) is 23.4 Å². The van der Waals surface area contributed by atoms with Crippen LogP contribution in [-0.2, 0) is 14.8 Å². The van der Waals surface area contributed by atoms with E-state index in [1.165, 1.54) is 16.1 Å². The van der Waals surface area contributed by atoms with Gasteiger partial charge in [-0.05, 0) is 43.4 Å². The maximum Gasteiger partial charge on any atom is 0.286 e. The number of furan rings is 1. The summed E-state index contributed by atoms with van der Waals surface area (Å²) >= 11 is 1.38. The van der Waals surface area contributed by atoms with Gasteiger partial charge < -0.3 is 15.5 Å². The minimum atomic E-state index is -3.65. The molecule has 0 saturated carbocycles. The number of anilines is 1. The summed E-state index contributed by atoms with van der Waals surface area (Å²) in [4.78, 5) is 25.7. The summed E-state index contributed by atoms with van der Waals surface area (Å²) in [5.74, 6) is -1.56. The molecule has 0 unspecified atom stereocenters. The van der Waals surface area contributed by atoms with Gasteiger partial charge in [-0.3, -0.25) is 9.59 Å². The molecule has 0 aliphatic carbocycles. The summed E-state index contributed by atoms with van der Waals surface area (Å²) in [6.07, 6.45) is 2.58. The number of nitrogens with zero attached hydrogens (tertiary/aromatic N) is 1. The van der Waals surface area contributed by atoms with E-state index in [9.17, 15) is 18.0 Å². The Bertz CT molecular complexity index is 1280. The summed E-state index contributed by atoms with van der Waals surface area (Å²) < 4.78 is 33.2. The fourth-order valence-corrected chi connectivity index (χ4v) is 6.49. The zero-order chi connectivity index (χ0) is 22.9. The van der Waals surface area contributed by atoms with Crippen LogP contribution < -0.4 is 11.1 Å². The number of rotatable bonds is 6. The van der Waals surface area contributed by atoms with Crippen molar-refractivity contribution < 1.29 is 22.4 Å². The predicted molar refractivity (Wildman–Crippen MR) is 123 cm³/mol. The number of sulfonamides is 1. The first kappa shape index (κ1) is 22.4. The van der Waals surface area contributed by atoms with E-state index >= 15 is 0 Å². The van der Waals surface area contributed by atoms with Crippen LogP contribution in [0.25, 0.3) is 11.0 Å². The molecule has 1 aliphatic heterocycles. The molecule has 32 heavy (non-hydrogen) atoms. The zero-order valence-electron chi connectivity index (χ0n) is 17.4. The first-order chi connectivity index (χ1) is 15.3. The molecule has 0 atom stereocenters. The molecule has 8 nitrogen and oxygen atoms in total. The number of hydrogen-bond acceptors (Lipinski definition) is 6. The Labute approximate surface area is 190 Å². The average molecular weight is 474 g/mol. The molecule has 2 heterocycles. The molecular weight excluding hydrogens is 450 g/mol. The molecule has 10 heteroatoms. The fourth-order valence-electron chi connectivity index (χ4n) is 3.90.